The van der Waals surface area contributed by atoms with Gasteiger partial charge in [-0.25, -0.2) is 0 Å². The molecule has 1 aliphatic heterocycles. The number of aryl methyl sites for hydroxylation is 2. The molecule has 0 bridgehead atoms. The van der Waals surface area contributed by atoms with Gasteiger partial charge in [-0.1, -0.05) is 31.5 Å². The van der Waals surface area contributed by atoms with Crippen molar-refractivity contribution in [3.63, 3.8) is 0 Å². The van der Waals surface area contributed by atoms with Gasteiger partial charge in [0.15, 0.2) is 0 Å². The fraction of sp³-hybridized carbons (Fsp3) is 0.519. The summed E-state index contributed by atoms with van der Waals surface area (Å²) in [7, 11) is 0. The molecular formula is C27H36N2O3. The summed E-state index contributed by atoms with van der Waals surface area (Å²) in [6.45, 7) is 5.95. The Labute approximate surface area is 191 Å². The molecule has 1 saturated heterocycles. The predicted molar refractivity (Wildman–Crippen MR) is 127 cm³/mol. The Morgan fingerprint density at radius 1 is 1.12 bits per heavy atom. The smallest absolute Gasteiger partial charge is 0.224 e. The molecule has 5 nitrogen and oxygen atoms in total. The number of phenolic OH excluding ortho intramolecular Hbond substituents is 1. The van der Waals surface area contributed by atoms with Gasteiger partial charge in [0.05, 0.1) is 12.5 Å². The van der Waals surface area contributed by atoms with E-state index in [0.717, 1.165) is 63.2 Å². The molecule has 5 heteroatoms. The van der Waals surface area contributed by atoms with E-state index >= 15 is 0 Å². The van der Waals surface area contributed by atoms with Crippen molar-refractivity contribution in [1.29, 1.82) is 0 Å². The van der Waals surface area contributed by atoms with Crippen LogP contribution in [0.2, 0.25) is 0 Å². The van der Waals surface area contributed by atoms with Gasteiger partial charge in [0.25, 0.3) is 0 Å². The van der Waals surface area contributed by atoms with Gasteiger partial charge in [0, 0.05) is 32.1 Å². The first-order chi connectivity index (χ1) is 15.6. The summed E-state index contributed by atoms with van der Waals surface area (Å²) in [6.07, 6.45) is 6.52. The molecule has 2 aromatic carbocycles. The number of fused-ring (bicyclic) bond motifs is 1. The van der Waals surface area contributed by atoms with Gasteiger partial charge in [0.1, 0.15) is 11.5 Å². The van der Waals surface area contributed by atoms with E-state index in [-0.39, 0.29) is 17.6 Å². The molecule has 172 valence electrons. The Morgan fingerprint density at radius 2 is 1.94 bits per heavy atom. The fourth-order valence-corrected chi connectivity index (χ4v) is 4.99. The second kappa shape index (κ2) is 10.9. The zero-order valence-corrected chi connectivity index (χ0v) is 19.2. The number of carbonyl (C=O) groups excluding carboxylic acids is 1. The highest BCUT2D eigenvalue weighted by molar-refractivity contribution is 5.79. The zero-order chi connectivity index (χ0) is 22.3. The van der Waals surface area contributed by atoms with Crippen molar-refractivity contribution in [2.75, 3.05) is 26.2 Å². The lowest BCUT2D eigenvalue weighted by molar-refractivity contribution is -0.127. The monoisotopic (exact) mass is 436 g/mol. The molecular weight excluding hydrogens is 400 g/mol. The molecule has 32 heavy (non-hydrogen) atoms. The molecule has 1 aliphatic carbocycles. The first kappa shape index (κ1) is 22.7. The van der Waals surface area contributed by atoms with Crippen molar-refractivity contribution in [3.8, 4) is 11.5 Å². The van der Waals surface area contributed by atoms with Crippen molar-refractivity contribution >= 4 is 5.91 Å². The van der Waals surface area contributed by atoms with Crippen LogP contribution in [0, 0.1) is 11.8 Å². The number of piperidine rings is 1. The number of nitrogens with one attached hydrogen (secondary N) is 1. The molecule has 2 aliphatic rings. The Bertz CT molecular complexity index is 896. The molecule has 0 radical (unpaired) electrons. The van der Waals surface area contributed by atoms with Crippen LogP contribution < -0.4 is 10.1 Å². The average molecular weight is 437 g/mol. The third-order valence-corrected chi connectivity index (χ3v) is 6.71. The van der Waals surface area contributed by atoms with Crippen molar-refractivity contribution in [2.24, 2.45) is 11.8 Å². The number of aromatic hydroxyl groups is 1. The molecule has 4 rings (SSSR count). The minimum atomic E-state index is -0.0219. The van der Waals surface area contributed by atoms with Gasteiger partial charge in [0.2, 0.25) is 5.91 Å². The Balaban J connectivity index is 1.39. The van der Waals surface area contributed by atoms with Crippen LogP contribution >= 0.6 is 0 Å². The number of unbranched alkanes of at least 4 members (excludes halogenated alkanes) is 1. The number of phenols is 1. The van der Waals surface area contributed by atoms with Crippen LogP contribution in [0.25, 0.3) is 0 Å². The van der Waals surface area contributed by atoms with Gasteiger partial charge in [-0.15, -0.1) is 0 Å². The van der Waals surface area contributed by atoms with Crippen LogP contribution in [0.15, 0.2) is 42.5 Å². The minimum Gasteiger partial charge on any atom is -0.508 e. The molecule has 0 unspecified atom stereocenters. The van der Waals surface area contributed by atoms with Crippen LogP contribution in [0.4, 0.5) is 0 Å². The van der Waals surface area contributed by atoms with E-state index < -0.39 is 0 Å². The van der Waals surface area contributed by atoms with Crippen molar-refractivity contribution < 1.29 is 14.6 Å². The number of hydrogen-bond acceptors (Lipinski definition) is 4. The van der Waals surface area contributed by atoms with Gasteiger partial charge in [-0.3, -0.25) is 9.69 Å². The lowest BCUT2D eigenvalue weighted by Crippen LogP contribution is -2.47. The van der Waals surface area contributed by atoms with Crippen molar-refractivity contribution in [2.45, 2.75) is 52.0 Å². The molecule has 0 spiro atoms. The normalized spacial score (nSPS) is 20.7. The van der Waals surface area contributed by atoms with Gasteiger partial charge in [-0.2, -0.15) is 0 Å². The Morgan fingerprint density at radius 3 is 2.75 bits per heavy atom. The lowest BCUT2D eigenvalue weighted by atomic mass is 9.88. The second-order valence-corrected chi connectivity index (χ2v) is 9.40. The maximum atomic E-state index is 12.9. The second-order valence-electron chi connectivity index (χ2n) is 9.40. The summed E-state index contributed by atoms with van der Waals surface area (Å²) in [5, 5.41) is 12.7. The topological polar surface area (TPSA) is 61.8 Å². The number of hydrogen-bond donors (Lipinski definition) is 2. The SMILES string of the molecule is CCCCNC(=O)[C@@H]1C[C@H](COc2ccc3c(c2)CCC3)CN(Cc2ccc(O)cc2)C1. The molecule has 2 N–H and O–H groups in total. The third kappa shape index (κ3) is 6.04. The number of rotatable bonds is 9. The van der Waals surface area contributed by atoms with E-state index in [4.69, 9.17) is 4.74 Å². The van der Waals surface area contributed by atoms with E-state index in [9.17, 15) is 9.90 Å². The summed E-state index contributed by atoms with van der Waals surface area (Å²) in [6, 6.07) is 13.9. The minimum absolute atomic E-state index is 0.0219. The lowest BCUT2D eigenvalue weighted by Gasteiger charge is -2.37. The highest BCUT2D eigenvalue weighted by atomic mass is 16.5. The van der Waals surface area contributed by atoms with E-state index in [1.807, 2.05) is 12.1 Å². The van der Waals surface area contributed by atoms with E-state index in [1.54, 1.807) is 12.1 Å². The summed E-state index contributed by atoms with van der Waals surface area (Å²) in [5.74, 6) is 1.67. The number of likely N-dealkylation sites (tertiary alicyclic amines) is 1. The number of carbonyl (C=O) groups is 1. The molecule has 0 aromatic heterocycles. The maximum absolute atomic E-state index is 12.9. The number of amides is 1. The highest BCUT2D eigenvalue weighted by Gasteiger charge is 2.32. The summed E-state index contributed by atoms with van der Waals surface area (Å²) >= 11 is 0. The summed E-state index contributed by atoms with van der Waals surface area (Å²) < 4.78 is 6.22. The number of benzene rings is 2. The molecule has 2 aromatic rings. The van der Waals surface area contributed by atoms with Crippen molar-refractivity contribution in [3.05, 3.63) is 59.2 Å². The average Bonchev–Trinajstić information content (AvgIpc) is 3.27. The quantitative estimate of drug-likeness (QED) is 0.575. The van der Waals surface area contributed by atoms with E-state index in [2.05, 4.69) is 35.3 Å². The highest BCUT2D eigenvalue weighted by Crippen LogP contribution is 2.28. The first-order valence-corrected chi connectivity index (χ1v) is 12.1. The molecule has 1 fully saturated rings. The predicted octanol–water partition coefficient (Wildman–Crippen LogP) is 4.31. The maximum Gasteiger partial charge on any atom is 0.224 e. The Hall–Kier alpha value is -2.53. The number of nitrogens with zero attached hydrogens (tertiary/aromatic N) is 1. The summed E-state index contributed by atoms with van der Waals surface area (Å²) in [4.78, 5) is 15.2. The van der Waals surface area contributed by atoms with Crippen LogP contribution in [0.5, 0.6) is 11.5 Å². The standard InChI is InChI=1S/C27H36N2O3/c1-2-3-13-28-27(31)24-14-21(17-29(18-24)16-20-7-10-25(30)11-8-20)19-32-26-12-9-22-5-4-6-23(22)15-26/h7-12,15,21,24,30H,2-6,13-14,16-19H2,1H3,(H,28,31)/t21-,24+/m0/s1. The largest absolute Gasteiger partial charge is 0.508 e. The molecule has 2 atom stereocenters. The molecule has 0 saturated carbocycles. The van der Waals surface area contributed by atoms with Crippen LogP contribution in [-0.2, 0) is 24.2 Å². The van der Waals surface area contributed by atoms with Gasteiger partial charge in [-0.05, 0) is 73.1 Å². The van der Waals surface area contributed by atoms with Gasteiger partial charge >= 0.3 is 0 Å². The Kier molecular flexibility index (Phi) is 7.69. The van der Waals surface area contributed by atoms with Crippen LogP contribution in [-0.4, -0.2) is 42.2 Å². The first-order valence-electron chi connectivity index (χ1n) is 12.1. The van der Waals surface area contributed by atoms with E-state index in [0.29, 0.717) is 12.5 Å². The van der Waals surface area contributed by atoms with Gasteiger partial charge < -0.3 is 15.2 Å². The molecule has 1 heterocycles. The van der Waals surface area contributed by atoms with Crippen LogP contribution in [0.3, 0.4) is 0 Å². The van der Waals surface area contributed by atoms with E-state index in [1.165, 1.54) is 24.0 Å². The summed E-state index contributed by atoms with van der Waals surface area (Å²) in [5.41, 5.74) is 4.03. The molecule has 1 amide bonds. The number of ether oxygens (including phenoxy) is 1. The van der Waals surface area contributed by atoms with Crippen LogP contribution in [0.1, 0.15) is 49.3 Å². The zero-order valence-electron chi connectivity index (χ0n) is 19.2. The third-order valence-electron chi connectivity index (χ3n) is 6.71. The van der Waals surface area contributed by atoms with Crippen molar-refractivity contribution in [1.82, 2.24) is 10.2 Å². The fourth-order valence-electron chi connectivity index (χ4n) is 4.99.